The van der Waals surface area contributed by atoms with Gasteiger partial charge in [0.1, 0.15) is 0 Å². The molecule has 1 fully saturated rings. The Morgan fingerprint density at radius 1 is 1.44 bits per heavy atom. The van der Waals surface area contributed by atoms with Crippen LogP contribution < -0.4 is 5.32 Å². The van der Waals surface area contributed by atoms with Crippen molar-refractivity contribution in [3.8, 4) is 0 Å². The van der Waals surface area contributed by atoms with Gasteiger partial charge in [-0.1, -0.05) is 17.4 Å². The number of hydrogen-bond donors (Lipinski definition) is 1. The van der Waals surface area contributed by atoms with Crippen LogP contribution in [0, 0.1) is 6.92 Å². The van der Waals surface area contributed by atoms with Crippen LogP contribution in [0.5, 0.6) is 0 Å². The zero-order chi connectivity index (χ0) is 12.6. The summed E-state index contributed by atoms with van der Waals surface area (Å²) in [5, 5.41) is 4.58. The summed E-state index contributed by atoms with van der Waals surface area (Å²) in [5.41, 5.74) is 2.39. The Bertz CT molecular complexity index is 556. The lowest BCUT2D eigenvalue weighted by molar-refractivity contribution is 0.634. The second kappa shape index (κ2) is 4.74. The molecule has 1 aromatic heterocycles. The van der Waals surface area contributed by atoms with E-state index in [1.165, 1.54) is 28.9 Å². The number of benzene rings is 1. The first kappa shape index (κ1) is 12.3. The molecule has 1 unspecified atom stereocenters. The van der Waals surface area contributed by atoms with Gasteiger partial charge in [-0.05, 0) is 50.1 Å². The molecule has 1 saturated heterocycles. The zero-order valence-electron chi connectivity index (χ0n) is 10.8. The molecule has 96 valence electrons. The number of aromatic nitrogens is 1. The summed E-state index contributed by atoms with van der Waals surface area (Å²) in [7, 11) is 0. The maximum absolute atomic E-state index is 4.66. The van der Waals surface area contributed by atoms with Gasteiger partial charge in [-0.3, -0.25) is 0 Å². The minimum Gasteiger partial charge on any atom is -0.360 e. The fourth-order valence-corrected chi connectivity index (χ4v) is 4.44. The summed E-state index contributed by atoms with van der Waals surface area (Å²) in [6.45, 7) is 5.49. The van der Waals surface area contributed by atoms with Crippen LogP contribution in [0.4, 0.5) is 5.13 Å². The van der Waals surface area contributed by atoms with Gasteiger partial charge in [0.05, 0.1) is 10.2 Å². The van der Waals surface area contributed by atoms with E-state index in [9.17, 15) is 0 Å². The monoisotopic (exact) mass is 278 g/mol. The Labute approximate surface area is 116 Å². The van der Waals surface area contributed by atoms with Gasteiger partial charge < -0.3 is 5.32 Å². The van der Waals surface area contributed by atoms with Crippen molar-refractivity contribution in [2.75, 3.05) is 17.6 Å². The number of aryl methyl sites for hydroxylation is 1. The number of anilines is 1. The number of thiazole rings is 1. The van der Waals surface area contributed by atoms with Crippen molar-refractivity contribution in [3.05, 3.63) is 23.8 Å². The zero-order valence-corrected chi connectivity index (χ0v) is 12.5. The molecule has 1 aliphatic rings. The van der Waals surface area contributed by atoms with E-state index in [-0.39, 0.29) is 0 Å². The van der Waals surface area contributed by atoms with E-state index in [2.05, 4.69) is 54.1 Å². The van der Waals surface area contributed by atoms with Gasteiger partial charge >= 0.3 is 0 Å². The van der Waals surface area contributed by atoms with Crippen molar-refractivity contribution < 1.29 is 0 Å². The lowest BCUT2D eigenvalue weighted by Gasteiger charge is -2.22. The van der Waals surface area contributed by atoms with E-state index in [0.29, 0.717) is 4.75 Å². The lowest BCUT2D eigenvalue weighted by Crippen LogP contribution is -2.26. The Balaban J connectivity index is 1.74. The topological polar surface area (TPSA) is 24.9 Å². The van der Waals surface area contributed by atoms with E-state index in [1.807, 2.05) is 0 Å². The normalized spacial score (nSPS) is 23.7. The Morgan fingerprint density at radius 2 is 2.33 bits per heavy atom. The van der Waals surface area contributed by atoms with Crippen molar-refractivity contribution in [1.82, 2.24) is 4.98 Å². The highest BCUT2D eigenvalue weighted by molar-refractivity contribution is 8.00. The van der Waals surface area contributed by atoms with Crippen LogP contribution >= 0.6 is 23.1 Å². The van der Waals surface area contributed by atoms with Crippen molar-refractivity contribution in [2.45, 2.75) is 31.4 Å². The van der Waals surface area contributed by atoms with Gasteiger partial charge in [0.15, 0.2) is 5.13 Å². The quantitative estimate of drug-likeness (QED) is 0.906. The van der Waals surface area contributed by atoms with Crippen molar-refractivity contribution in [1.29, 1.82) is 0 Å². The van der Waals surface area contributed by atoms with Crippen LogP contribution in [0.15, 0.2) is 18.2 Å². The molecule has 1 aliphatic heterocycles. The number of hydrogen-bond acceptors (Lipinski definition) is 4. The maximum Gasteiger partial charge on any atom is 0.183 e. The molecule has 3 rings (SSSR count). The lowest BCUT2D eigenvalue weighted by atomic mass is 10.1. The first-order chi connectivity index (χ1) is 8.65. The average molecular weight is 278 g/mol. The summed E-state index contributed by atoms with van der Waals surface area (Å²) < 4.78 is 1.67. The number of nitrogens with one attached hydrogen (secondary N) is 1. The molecule has 0 aliphatic carbocycles. The first-order valence-electron chi connectivity index (χ1n) is 6.40. The molecule has 4 heteroatoms. The molecular weight excluding hydrogens is 260 g/mol. The molecule has 2 nitrogen and oxygen atoms in total. The smallest absolute Gasteiger partial charge is 0.183 e. The van der Waals surface area contributed by atoms with E-state index in [4.69, 9.17) is 0 Å². The molecule has 1 aromatic carbocycles. The summed E-state index contributed by atoms with van der Waals surface area (Å²) >= 11 is 3.84. The van der Waals surface area contributed by atoms with Crippen LogP contribution in [0.2, 0.25) is 0 Å². The number of fused-ring (bicyclic) bond motifs is 1. The molecule has 1 N–H and O–H groups in total. The summed E-state index contributed by atoms with van der Waals surface area (Å²) in [4.78, 5) is 4.66. The van der Waals surface area contributed by atoms with E-state index in [1.54, 1.807) is 11.3 Å². The third-order valence-corrected chi connectivity index (χ3v) is 5.99. The van der Waals surface area contributed by atoms with Crippen molar-refractivity contribution >= 4 is 38.4 Å². The molecule has 0 spiro atoms. The highest BCUT2D eigenvalue weighted by atomic mass is 32.2. The molecule has 0 amide bonds. The van der Waals surface area contributed by atoms with Gasteiger partial charge in [0.2, 0.25) is 0 Å². The molecule has 2 heterocycles. The Kier molecular flexibility index (Phi) is 3.24. The van der Waals surface area contributed by atoms with Gasteiger partial charge in [0.25, 0.3) is 0 Å². The largest absolute Gasteiger partial charge is 0.360 e. The fourth-order valence-electron chi connectivity index (χ4n) is 2.35. The predicted octanol–water partition coefficient (Wildman–Crippen LogP) is 4.30. The second-order valence-electron chi connectivity index (χ2n) is 5.25. The Hall–Kier alpha value is -0.740. The summed E-state index contributed by atoms with van der Waals surface area (Å²) in [5.74, 6) is 1.30. The number of thioether (sulfide) groups is 1. The van der Waals surface area contributed by atoms with E-state index in [0.717, 1.165) is 17.2 Å². The molecule has 1 atom stereocenters. The van der Waals surface area contributed by atoms with Gasteiger partial charge in [-0.25, -0.2) is 4.98 Å². The SMILES string of the molecule is Cc1ccc2sc(NCC3(C)CCCS3)nc2c1. The maximum atomic E-state index is 4.66. The molecule has 2 aromatic rings. The minimum atomic E-state index is 0.397. The first-order valence-corrected chi connectivity index (χ1v) is 8.20. The molecular formula is C14H18N2S2. The fraction of sp³-hybridized carbons (Fsp3) is 0.500. The van der Waals surface area contributed by atoms with Crippen LogP contribution in [0.1, 0.15) is 25.3 Å². The molecule has 0 saturated carbocycles. The average Bonchev–Trinajstić information content (AvgIpc) is 2.93. The highest BCUT2D eigenvalue weighted by Gasteiger charge is 2.29. The van der Waals surface area contributed by atoms with Crippen LogP contribution in [-0.2, 0) is 0 Å². The standard InChI is InChI=1S/C14H18N2S2/c1-10-4-5-12-11(8-10)16-13(18-12)15-9-14(2)6-3-7-17-14/h4-5,8H,3,6-7,9H2,1-2H3,(H,15,16). The number of nitrogens with zero attached hydrogens (tertiary/aromatic N) is 1. The minimum absolute atomic E-state index is 0.397. The van der Waals surface area contributed by atoms with Crippen LogP contribution in [-0.4, -0.2) is 22.0 Å². The van der Waals surface area contributed by atoms with Gasteiger partial charge in [0, 0.05) is 11.3 Å². The summed E-state index contributed by atoms with van der Waals surface area (Å²) in [6, 6.07) is 6.47. The van der Waals surface area contributed by atoms with Crippen molar-refractivity contribution in [2.24, 2.45) is 0 Å². The summed E-state index contributed by atoms with van der Waals surface area (Å²) in [6.07, 6.45) is 2.66. The second-order valence-corrected chi connectivity index (χ2v) is 7.96. The van der Waals surface area contributed by atoms with Gasteiger partial charge in [-0.15, -0.1) is 0 Å². The predicted molar refractivity (Wildman–Crippen MR) is 82.9 cm³/mol. The Morgan fingerprint density at radius 3 is 3.11 bits per heavy atom. The third-order valence-electron chi connectivity index (χ3n) is 3.46. The van der Waals surface area contributed by atoms with Crippen LogP contribution in [0.3, 0.4) is 0 Å². The van der Waals surface area contributed by atoms with Crippen LogP contribution in [0.25, 0.3) is 10.2 Å². The van der Waals surface area contributed by atoms with Gasteiger partial charge in [-0.2, -0.15) is 11.8 Å². The van der Waals surface area contributed by atoms with E-state index < -0.39 is 0 Å². The molecule has 0 radical (unpaired) electrons. The van der Waals surface area contributed by atoms with Crippen molar-refractivity contribution in [3.63, 3.8) is 0 Å². The van der Waals surface area contributed by atoms with E-state index >= 15 is 0 Å². The molecule has 18 heavy (non-hydrogen) atoms. The third kappa shape index (κ3) is 2.50. The number of rotatable bonds is 3. The molecule has 0 bridgehead atoms. The highest BCUT2D eigenvalue weighted by Crippen LogP contribution is 2.38.